The predicted molar refractivity (Wildman–Crippen MR) is 145 cm³/mol. The molecular weight excluding hydrogens is 551 g/mol. The summed E-state index contributed by atoms with van der Waals surface area (Å²) in [6.45, 7) is 3.74. The summed E-state index contributed by atoms with van der Waals surface area (Å²) in [7, 11) is -4.02. The smallest absolute Gasteiger partial charge is 0.395 e. The first-order valence-corrected chi connectivity index (χ1v) is 14.7. The van der Waals surface area contributed by atoms with Crippen molar-refractivity contribution in [3.05, 3.63) is 58.6 Å². The number of nitrogen functional groups attached to an aromatic ring is 1. The summed E-state index contributed by atoms with van der Waals surface area (Å²) < 4.78 is 31.5. The Hall–Kier alpha value is -2.13. The van der Waals surface area contributed by atoms with Gasteiger partial charge in [0.2, 0.25) is 0 Å². The number of carbonyl (C=O) groups excluding carboxylic acids is 1. The summed E-state index contributed by atoms with van der Waals surface area (Å²) in [4.78, 5) is 28.2. The number of rotatable bonds is 13. The van der Waals surface area contributed by atoms with Crippen molar-refractivity contribution >= 4 is 30.4 Å². The van der Waals surface area contributed by atoms with E-state index in [1.54, 1.807) is 13.8 Å². The fourth-order valence-corrected chi connectivity index (χ4v) is 5.86. The average molecular weight is 587 g/mol. The number of aliphatic hydroxyl groups excluding tert-OH is 2. The molecule has 1 saturated heterocycles. The van der Waals surface area contributed by atoms with Crippen molar-refractivity contribution in [3.63, 3.8) is 0 Å². The summed E-state index contributed by atoms with van der Waals surface area (Å²) in [5.41, 5.74) is 2.69. The molecule has 1 aliphatic heterocycles. The Morgan fingerprint density at radius 1 is 1.31 bits per heavy atom. The van der Waals surface area contributed by atoms with E-state index in [0.29, 0.717) is 0 Å². The molecular formula is C24H35N4O9PS. The highest BCUT2D eigenvalue weighted by atomic mass is 32.2. The molecule has 0 saturated carbocycles. The van der Waals surface area contributed by atoms with Crippen LogP contribution in [0.2, 0.25) is 0 Å². The lowest BCUT2D eigenvalue weighted by molar-refractivity contribution is -0.119. The van der Waals surface area contributed by atoms with E-state index in [4.69, 9.17) is 19.5 Å². The maximum absolute atomic E-state index is 13.6. The number of hydrogen-bond acceptors (Lipinski definition) is 12. The zero-order chi connectivity index (χ0) is 28.8. The van der Waals surface area contributed by atoms with Crippen molar-refractivity contribution in [1.82, 2.24) is 14.6 Å². The van der Waals surface area contributed by atoms with Gasteiger partial charge in [-0.2, -0.15) is 4.98 Å². The number of ether oxygens (including phenoxy) is 1. The van der Waals surface area contributed by atoms with E-state index >= 15 is 0 Å². The van der Waals surface area contributed by atoms with Crippen LogP contribution in [0.1, 0.15) is 32.6 Å². The van der Waals surface area contributed by atoms with Gasteiger partial charge in [0.25, 0.3) is 0 Å². The molecule has 216 valence electrons. The second kappa shape index (κ2) is 13.0. The maximum Gasteiger partial charge on any atom is 0.405 e. The largest absolute Gasteiger partial charge is 0.405 e. The van der Waals surface area contributed by atoms with Crippen LogP contribution in [0, 0.1) is 5.41 Å². The fraction of sp³-hybridized carbons (Fsp3) is 0.542. The van der Waals surface area contributed by atoms with E-state index in [9.17, 15) is 29.5 Å². The third-order valence-corrected chi connectivity index (χ3v) is 8.86. The van der Waals surface area contributed by atoms with E-state index in [2.05, 4.69) is 10.1 Å². The van der Waals surface area contributed by atoms with Gasteiger partial charge in [0.1, 0.15) is 23.6 Å². The molecule has 15 heteroatoms. The molecule has 6 N–H and O–H groups in total. The Labute approximate surface area is 230 Å². The molecule has 0 bridgehead atoms. The lowest BCUT2D eigenvalue weighted by Crippen LogP contribution is -2.46. The summed E-state index contributed by atoms with van der Waals surface area (Å²) in [5, 5.41) is 33.5. The Bertz CT molecular complexity index is 1230. The molecule has 0 spiro atoms. The number of nitrogens with two attached hydrogens (primary N) is 1. The third-order valence-electron chi connectivity index (χ3n) is 6.11. The Kier molecular flexibility index (Phi) is 10.5. The summed E-state index contributed by atoms with van der Waals surface area (Å²) in [6.07, 6.45) is -2.75. The van der Waals surface area contributed by atoms with Crippen LogP contribution in [0.3, 0.4) is 0 Å². The molecule has 0 amide bonds. The van der Waals surface area contributed by atoms with Gasteiger partial charge >= 0.3 is 13.4 Å². The quantitative estimate of drug-likeness (QED) is 0.165. The average Bonchev–Trinajstić information content (AvgIpc) is 3.13. The van der Waals surface area contributed by atoms with Crippen molar-refractivity contribution in [3.8, 4) is 0 Å². The topological polar surface area (TPSA) is 195 Å². The third kappa shape index (κ3) is 7.97. The van der Waals surface area contributed by atoms with Crippen molar-refractivity contribution in [1.29, 1.82) is 0 Å². The van der Waals surface area contributed by atoms with E-state index in [-0.39, 0.29) is 36.4 Å². The van der Waals surface area contributed by atoms with E-state index in [1.807, 2.05) is 30.3 Å². The highest BCUT2D eigenvalue weighted by molar-refractivity contribution is 8.13. The van der Waals surface area contributed by atoms with Crippen LogP contribution in [-0.2, 0) is 29.7 Å². The van der Waals surface area contributed by atoms with Gasteiger partial charge in [0.15, 0.2) is 11.3 Å². The van der Waals surface area contributed by atoms with E-state index < -0.39 is 49.5 Å². The van der Waals surface area contributed by atoms with Gasteiger partial charge in [0, 0.05) is 18.5 Å². The molecule has 1 fully saturated rings. The van der Waals surface area contributed by atoms with Crippen LogP contribution in [0.5, 0.6) is 0 Å². The van der Waals surface area contributed by atoms with Crippen LogP contribution in [-0.4, -0.2) is 73.4 Å². The number of thioether (sulfide) groups is 1. The molecule has 3 unspecified atom stereocenters. The van der Waals surface area contributed by atoms with Crippen molar-refractivity contribution in [2.75, 3.05) is 31.3 Å². The molecule has 1 aromatic heterocycles. The molecule has 39 heavy (non-hydrogen) atoms. The highest BCUT2D eigenvalue weighted by Crippen LogP contribution is 2.46. The predicted octanol–water partition coefficient (Wildman–Crippen LogP) is 1.04. The van der Waals surface area contributed by atoms with Gasteiger partial charge in [-0.3, -0.25) is 18.4 Å². The van der Waals surface area contributed by atoms with Gasteiger partial charge in [0.05, 0.1) is 25.2 Å². The van der Waals surface area contributed by atoms with Crippen LogP contribution < -0.4 is 16.5 Å². The Morgan fingerprint density at radius 2 is 2.00 bits per heavy atom. The molecule has 3 rings (SSSR count). The second-order valence-corrected chi connectivity index (χ2v) is 12.8. The summed E-state index contributed by atoms with van der Waals surface area (Å²) in [5.74, 6) is 0.131. The minimum absolute atomic E-state index is 0.0170. The number of aliphatic hydroxyl groups is 3. The normalized spacial score (nSPS) is 24.9. The number of nitrogens with one attached hydrogen (secondary N) is 1. The molecule has 0 aliphatic carbocycles. The molecule has 2 aromatic rings. The van der Waals surface area contributed by atoms with Crippen molar-refractivity contribution in [2.45, 2.75) is 51.4 Å². The first-order valence-electron chi connectivity index (χ1n) is 12.2. The molecule has 13 nitrogen and oxygen atoms in total. The van der Waals surface area contributed by atoms with E-state index in [1.165, 1.54) is 19.2 Å². The van der Waals surface area contributed by atoms with Crippen LogP contribution in [0.25, 0.3) is 0 Å². The van der Waals surface area contributed by atoms with Crippen LogP contribution >= 0.6 is 19.5 Å². The van der Waals surface area contributed by atoms with Gasteiger partial charge in [-0.05, 0) is 32.4 Å². The lowest BCUT2D eigenvalue weighted by Gasteiger charge is -2.27. The zero-order valence-corrected chi connectivity index (χ0v) is 23.6. The minimum atomic E-state index is -4.02. The first-order chi connectivity index (χ1) is 18.3. The molecule has 0 radical (unpaired) electrons. The highest BCUT2D eigenvalue weighted by Gasteiger charge is 2.54. The summed E-state index contributed by atoms with van der Waals surface area (Å²) in [6, 6.07) is 10.4. The van der Waals surface area contributed by atoms with Crippen molar-refractivity contribution < 1.29 is 38.5 Å². The fourth-order valence-electron chi connectivity index (χ4n) is 3.62. The molecule has 1 aromatic carbocycles. The van der Waals surface area contributed by atoms with Gasteiger partial charge in [-0.15, -0.1) is 0 Å². The van der Waals surface area contributed by atoms with Gasteiger partial charge < -0.3 is 25.8 Å². The number of aromatic nitrogens is 2. The lowest BCUT2D eigenvalue weighted by atomic mass is 9.96. The summed E-state index contributed by atoms with van der Waals surface area (Å²) >= 11 is 0.934. The number of anilines is 1. The molecule has 2 heterocycles. The van der Waals surface area contributed by atoms with Gasteiger partial charge in [-0.1, -0.05) is 42.1 Å². The number of benzene rings is 1. The van der Waals surface area contributed by atoms with Crippen LogP contribution in [0.4, 0.5) is 5.82 Å². The zero-order valence-electron chi connectivity index (χ0n) is 21.9. The second-order valence-electron chi connectivity index (χ2n) is 9.86. The standard InChI is InChI=1S/C24H35N4O9PS/c1-23(2,15-29)21(31)39-12-11-35-38(34,26-13-16-7-5-4-6-8-16)36-14-17-19(30)24(3,33)20(37-17)28-10-9-18(25)27-22(28)32/h4-10,17,19-20,29-30,33H,11-15H2,1-3H3,(H,26,34)(H2,25,27,32)/t17-,19?,20-,24?,38?/m1/s1. The number of carbonyl (C=O) groups is 1. The SMILES string of the molecule is CC(C)(CO)C(=O)SCCOP(=O)(NCc1ccccc1)OC[C@H]1O[C@@H](n2ccc(N)nc2=O)C(C)(O)C1O. The molecule has 5 atom stereocenters. The minimum Gasteiger partial charge on any atom is -0.395 e. The van der Waals surface area contributed by atoms with Gasteiger partial charge in [-0.25, -0.2) is 14.4 Å². The monoisotopic (exact) mass is 586 g/mol. The Morgan fingerprint density at radius 3 is 2.64 bits per heavy atom. The number of nitrogens with zero attached hydrogens (tertiary/aromatic N) is 2. The number of hydrogen-bond donors (Lipinski definition) is 5. The van der Waals surface area contributed by atoms with Crippen LogP contribution in [0.15, 0.2) is 47.4 Å². The maximum atomic E-state index is 13.6. The molecule has 1 aliphatic rings. The van der Waals surface area contributed by atoms with Crippen molar-refractivity contribution in [2.24, 2.45) is 5.41 Å². The van der Waals surface area contributed by atoms with E-state index in [0.717, 1.165) is 21.9 Å². The first kappa shape index (κ1) is 31.4. The Balaban J connectivity index is 1.68.